The van der Waals surface area contributed by atoms with Gasteiger partial charge in [0.15, 0.2) is 0 Å². The van der Waals surface area contributed by atoms with E-state index < -0.39 is 0 Å². The molecule has 1 unspecified atom stereocenters. The van der Waals surface area contributed by atoms with Gasteiger partial charge in [-0.2, -0.15) is 0 Å². The maximum atomic E-state index is 9.91. The molecule has 1 aromatic carbocycles. The van der Waals surface area contributed by atoms with Gasteiger partial charge in [0.1, 0.15) is 0 Å². The summed E-state index contributed by atoms with van der Waals surface area (Å²) in [5, 5.41) is 9.91. The topological polar surface area (TPSA) is 20.2 Å². The third kappa shape index (κ3) is 5.32. The molecular weight excluding hydrogens is 196 g/mol. The smallest absolute Gasteiger partial charge is 0.0580 e. The lowest BCUT2D eigenvalue weighted by atomic mass is 9.99. The minimum atomic E-state index is -0.180. The van der Waals surface area contributed by atoms with Crippen LogP contribution in [0.15, 0.2) is 24.3 Å². The Balaban J connectivity index is 2.31. The molecule has 16 heavy (non-hydrogen) atoms. The van der Waals surface area contributed by atoms with Gasteiger partial charge < -0.3 is 5.11 Å². The van der Waals surface area contributed by atoms with Crippen molar-refractivity contribution >= 4 is 0 Å². The predicted octanol–water partition coefficient (Wildman–Crippen LogP) is 3.72. The first-order chi connectivity index (χ1) is 7.58. The largest absolute Gasteiger partial charge is 0.393 e. The quantitative estimate of drug-likeness (QED) is 0.774. The summed E-state index contributed by atoms with van der Waals surface area (Å²) in [7, 11) is 0. The second kappa shape index (κ2) is 6.70. The number of hydrogen-bond donors (Lipinski definition) is 1. The standard InChI is InChI=1S/C15H24O/c1-12(2)6-4-9-15(16)11-14-8-5-7-13(3)10-14/h5,7-8,10,12,15-16H,4,6,9,11H2,1-3H3. The molecule has 0 aliphatic carbocycles. The molecule has 1 heteroatoms. The molecule has 0 aliphatic rings. The van der Waals surface area contributed by atoms with Crippen molar-refractivity contribution < 1.29 is 5.11 Å². The minimum Gasteiger partial charge on any atom is -0.393 e. The van der Waals surface area contributed by atoms with E-state index in [1.165, 1.54) is 17.5 Å². The lowest BCUT2D eigenvalue weighted by molar-refractivity contribution is 0.159. The Bertz CT molecular complexity index is 304. The Labute approximate surface area is 99.5 Å². The molecule has 1 atom stereocenters. The normalized spacial score (nSPS) is 13.1. The summed E-state index contributed by atoms with van der Waals surface area (Å²) in [6.45, 7) is 6.55. The van der Waals surface area contributed by atoms with E-state index >= 15 is 0 Å². The summed E-state index contributed by atoms with van der Waals surface area (Å²) < 4.78 is 0. The molecule has 90 valence electrons. The van der Waals surface area contributed by atoms with Gasteiger partial charge in [-0.25, -0.2) is 0 Å². The molecule has 0 spiro atoms. The van der Waals surface area contributed by atoms with Crippen LogP contribution in [-0.4, -0.2) is 11.2 Å². The Morgan fingerprint density at radius 2 is 1.94 bits per heavy atom. The zero-order valence-electron chi connectivity index (χ0n) is 10.7. The van der Waals surface area contributed by atoms with Gasteiger partial charge in [-0.3, -0.25) is 0 Å². The average molecular weight is 220 g/mol. The van der Waals surface area contributed by atoms with Gasteiger partial charge in [0.2, 0.25) is 0 Å². The summed E-state index contributed by atoms with van der Waals surface area (Å²) in [5.74, 6) is 0.742. The summed E-state index contributed by atoms with van der Waals surface area (Å²) in [6.07, 6.45) is 3.88. The number of aryl methyl sites for hydroxylation is 1. The molecule has 0 aromatic heterocycles. The predicted molar refractivity (Wildman–Crippen MR) is 69.6 cm³/mol. The maximum Gasteiger partial charge on any atom is 0.0580 e. The second-order valence-electron chi connectivity index (χ2n) is 5.17. The van der Waals surface area contributed by atoms with Crippen molar-refractivity contribution in [3.8, 4) is 0 Å². The fourth-order valence-corrected chi connectivity index (χ4v) is 1.97. The summed E-state index contributed by atoms with van der Waals surface area (Å²) in [4.78, 5) is 0. The van der Waals surface area contributed by atoms with Crippen molar-refractivity contribution in [1.29, 1.82) is 0 Å². The highest BCUT2D eigenvalue weighted by molar-refractivity contribution is 5.22. The van der Waals surface area contributed by atoms with Crippen LogP contribution in [0.1, 0.15) is 44.2 Å². The molecule has 1 nitrogen and oxygen atoms in total. The highest BCUT2D eigenvalue weighted by atomic mass is 16.3. The fraction of sp³-hybridized carbons (Fsp3) is 0.600. The van der Waals surface area contributed by atoms with Gasteiger partial charge in [0.05, 0.1) is 6.10 Å². The summed E-state index contributed by atoms with van der Waals surface area (Å²) in [6, 6.07) is 8.41. The first-order valence-electron chi connectivity index (χ1n) is 6.31. The van der Waals surface area contributed by atoms with Gasteiger partial charge in [0, 0.05) is 0 Å². The third-order valence-corrected chi connectivity index (χ3v) is 2.87. The first kappa shape index (κ1) is 13.2. The Kier molecular flexibility index (Phi) is 5.54. The van der Waals surface area contributed by atoms with Crippen LogP contribution in [0.3, 0.4) is 0 Å². The average Bonchev–Trinajstić information content (AvgIpc) is 2.16. The third-order valence-electron chi connectivity index (χ3n) is 2.87. The molecule has 0 saturated heterocycles. The number of benzene rings is 1. The number of rotatable bonds is 6. The van der Waals surface area contributed by atoms with Crippen LogP contribution in [0.4, 0.5) is 0 Å². The van der Waals surface area contributed by atoms with Crippen LogP contribution in [0.2, 0.25) is 0 Å². The summed E-state index contributed by atoms with van der Waals surface area (Å²) >= 11 is 0. The zero-order chi connectivity index (χ0) is 12.0. The molecule has 0 amide bonds. The molecule has 0 fully saturated rings. The first-order valence-corrected chi connectivity index (χ1v) is 6.31. The molecule has 1 aromatic rings. The van der Waals surface area contributed by atoms with Crippen molar-refractivity contribution in [2.45, 2.75) is 52.6 Å². The van der Waals surface area contributed by atoms with E-state index in [9.17, 15) is 5.11 Å². The van der Waals surface area contributed by atoms with Gasteiger partial charge in [0.25, 0.3) is 0 Å². The van der Waals surface area contributed by atoms with Crippen molar-refractivity contribution in [3.63, 3.8) is 0 Å². The van der Waals surface area contributed by atoms with Crippen LogP contribution in [0.25, 0.3) is 0 Å². The van der Waals surface area contributed by atoms with Crippen molar-refractivity contribution in [2.24, 2.45) is 5.92 Å². The lowest BCUT2D eigenvalue weighted by Gasteiger charge is -2.11. The van der Waals surface area contributed by atoms with Crippen LogP contribution in [0.5, 0.6) is 0 Å². The molecule has 0 aliphatic heterocycles. The molecule has 0 saturated carbocycles. The van der Waals surface area contributed by atoms with Gasteiger partial charge >= 0.3 is 0 Å². The highest BCUT2D eigenvalue weighted by Gasteiger charge is 2.06. The molecule has 1 rings (SSSR count). The molecule has 0 radical (unpaired) electrons. The van der Waals surface area contributed by atoms with Crippen molar-refractivity contribution in [2.75, 3.05) is 0 Å². The number of aliphatic hydroxyl groups excluding tert-OH is 1. The van der Waals surface area contributed by atoms with E-state index in [-0.39, 0.29) is 6.10 Å². The van der Waals surface area contributed by atoms with Gasteiger partial charge in [-0.15, -0.1) is 0 Å². The summed E-state index contributed by atoms with van der Waals surface area (Å²) in [5.41, 5.74) is 2.52. The maximum absolute atomic E-state index is 9.91. The van der Waals surface area contributed by atoms with Crippen LogP contribution in [-0.2, 0) is 6.42 Å². The molecular formula is C15H24O. The van der Waals surface area contributed by atoms with Crippen molar-refractivity contribution in [3.05, 3.63) is 35.4 Å². The van der Waals surface area contributed by atoms with E-state index in [0.29, 0.717) is 0 Å². The Morgan fingerprint density at radius 3 is 2.56 bits per heavy atom. The molecule has 0 bridgehead atoms. The second-order valence-corrected chi connectivity index (χ2v) is 5.17. The zero-order valence-corrected chi connectivity index (χ0v) is 10.7. The van der Waals surface area contributed by atoms with E-state index in [4.69, 9.17) is 0 Å². The van der Waals surface area contributed by atoms with Crippen LogP contribution in [0, 0.1) is 12.8 Å². The molecule has 0 heterocycles. The van der Waals surface area contributed by atoms with Crippen LogP contribution >= 0.6 is 0 Å². The van der Waals surface area contributed by atoms with Gasteiger partial charge in [-0.05, 0) is 31.2 Å². The van der Waals surface area contributed by atoms with E-state index in [2.05, 4.69) is 45.0 Å². The minimum absolute atomic E-state index is 0.180. The Hall–Kier alpha value is -0.820. The Morgan fingerprint density at radius 1 is 1.19 bits per heavy atom. The van der Waals surface area contributed by atoms with Crippen LogP contribution < -0.4 is 0 Å². The SMILES string of the molecule is Cc1cccc(CC(O)CCCC(C)C)c1. The van der Waals surface area contributed by atoms with E-state index in [0.717, 1.165) is 25.2 Å². The number of hydrogen-bond acceptors (Lipinski definition) is 1. The monoisotopic (exact) mass is 220 g/mol. The lowest BCUT2D eigenvalue weighted by Crippen LogP contribution is -2.10. The highest BCUT2D eigenvalue weighted by Crippen LogP contribution is 2.13. The van der Waals surface area contributed by atoms with E-state index in [1.54, 1.807) is 0 Å². The fourth-order valence-electron chi connectivity index (χ4n) is 1.97. The van der Waals surface area contributed by atoms with E-state index in [1.807, 2.05) is 0 Å². The van der Waals surface area contributed by atoms with Crippen molar-refractivity contribution in [1.82, 2.24) is 0 Å². The van der Waals surface area contributed by atoms with Gasteiger partial charge in [-0.1, -0.05) is 56.5 Å². The number of aliphatic hydroxyl groups is 1. The molecule has 1 N–H and O–H groups in total.